The minimum atomic E-state index is -0.779. The molecule has 0 aromatic heterocycles. The maximum Gasteiger partial charge on any atom is 0.338 e. The van der Waals surface area contributed by atoms with Crippen LogP contribution in [0.1, 0.15) is 36.5 Å². The standard InChI is InChI=1S/C25H25BrN2O5/c1-5-31-25(29)21-15(3)33-24(28)18(12-27)22(21)17-10-19(26)23(20(11-17)30-4)32-13-16-8-6-14(2)7-9-16/h6-11,22H,5,13,28H2,1-4H3/t22-/m1/s1. The van der Waals surface area contributed by atoms with Crippen LogP contribution in [-0.4, -0.2) is 19.7 Å². The van der Waals surface area contributed by atoms with Gasteiger partial charge in [0.2, 0.25) is 5.88 Å². The zero-order chi connectivity index (χ0) is 24.1. The summed E-state index contributed by atoms with van der Waals surface area (Å²) in [6.45, 7) is 5.88. The van der Waals surface area contributed by atoms with Crippen LogP contribution in [-0.2, 0) is 20.9 Å². The number of nitriles is 1. The van der Waals surface area contributed by atoms with E-state index in [1.165, 1.54) is 12.7 Å². The van der Waals surface area contributed by atoms with Gasteiger partial charge in [0.1, 0.15) is 24.0 Å². The molecule has 0 spiro atoms. The van der Waals surface area contributed by atoms with Crippen molar-refractivity contribution in [2.24, 2.45) is 5.73 Å². The fourth-order valence-electron chi connectivity index (χ4n) is 3.57. The number of methoxy groups -OCH3 is 1. The lowest BCUT2D eigenvalue weighted by Gasteiger charge is -2.27. The van der Waals surface area contributed by atoms with Gasteiger partial charge in [0.05, 0.1) is 29.7 Å². The molecule has 1 aliphatic rings. The van der Waals surface area contributed by atoms with E-state index in [0.717, 1.165) is 5.56 Å². The van der Waals surface area contributed by atoms with Crippen molar-refractivity contribution in [3.8, 4) is 17.6 Å². The Morgan fingerprint density at radius 2 is 1.94 bits per heavy atom. The molecule has 3 rings (SSSR count). The number of carbonyl (C=O) groups is 1. The van der Waals surface area contributed by atoms with Gasteiger partial charge in [-0.3, -0.25) is 0 Å². The highest BCUT2D eigenvalue weighted by molar-refractivity contribution is 9.10. The molecule has 2 aromatic carbocycles. The first kappa shape index (κ1) is 24.2. The summed E-state index contributed by atoms with van der Waals surface area (Å²) in [5, 5.41) is 9.78. The molecule has 0 saturated heterocycles. The molecule has 2 N–H and O–H groups in total. The van der Waals surface area contributed by atoms with Gasteiger partial charge in [-0.25, -0.2) is 4.79 Å². The second kappa shape index (κ2) is 10.5. The van der Waals surface area contributed by atoms with Crippen molar-refractivity contribution < 1.29 is 23.7 Å². The highest BCUT2D eigenvalue weighted by Gasteiger charge is 2.37. The molecule has 1 aliphatic heterocycles. The zero-order valence-corrected chi connectivity index (χ0v) is 20.5. The third kappa shape index (κ3) is 5.15. The molecule has 0 amide bonds. The van der Waals surface area contributed by atoms with Gasteiger partial charge < -0.3 is 24.7 Å². The summed E-state index contributed by atoms with van der Waals surface area (Å²) in [5.74, 6) is -0.181. The fraction of sp³-hybridized carbons (Fsp3) is 0.280. The maximum atomic E-state index is 12.7. The highest BCUT2D eigenvalue weighted by Crippen LogP contribution is 2.45. The van der Waals surface area contributed by atoms with Crippen molar-refractivity contribution in [1.29, 1.82) is 5.26 Å². The number of ether oxygens (including phenoxy) is 4. The second-order valence-electron chi connectivity index (χ2n) is 7.42. The predicted molar refractivity (Wildman–Crippen MR) is 126 cm³/mol. The average molecular weight is 513 g/mol. The van der Waals surface area contributed by atoms with E-state index >= 15 is 0 Å². The number of rotatable bonds is 7. The van der Waals surface area contributed by atoms with Crippen molar-refractivity contribution in [3.05, 3.63) is 80.3 Å². The molecule has 0 radical (unpaired) electrons. The van der Waals surface area contributed by atoms with Crippen LogP contribution in [0.3, 0.4) is 0 Å². The van der Waals surface area contributed by atoms with Crippen molar-refractivity contribution >= 4 is 21.9 Å². The molecule has 2 aromatic rings. The molecular weight excluding hydrogens is 488 g/mol. The van der Waals surface area contributed by atoms with E-state index in [4.69, 9.17) is 24.7 Å². The first-order valence-electron chi connectivity index (χ1n) is 10.3. The molecule has 33 heavy (non-hydrogen) atoms. The predicted octanol–water partition coefficient (Wildman–Crippen LogP) is 4.99. The van der Waals surface area contributed by atoms with Gasteiger partial charge in [0.15, 0.2) is 11.5 Å². The molecule has 172 valence electrons. The summed E-state index contributed by atoms with van der Waals surface area (Å²) < 4.78 is 22.9. The van der Waals surface area contributed by atoms with Crippen LogP contribution in [0.4, 0.5) is 0 Å². The highest BCUT2D eigenvalue weighted by atomic mass is 79.9. The van der Waals surface area contributed by atoms with Crippen LogP contribution in [0.15, 0.2) is 63.7 Å². The molecule has 0 aliphatic carbocycles. The average Bonchev–Trinajstić information content (AvgIpc) is 2.78. The number of hydrogen-bond acceptors (Lipinski definition) is 7. The third-order valence-corrected chi connectivity index (χ3v) is 5.78. The zero-order valence-electron chi connectivity index (χ0n) is 18.9. The minimum absolute atomic E-state index is 0.0529. The van der Waals surface area contributed by atoms with Gasteiger partial charge in [-0.1, -0.05) is 29.8 Å². The monoisotopic (exact) mass is 512 g/mol. The number of nitrogens with zero attached hydrogens (tertiary/aromatic N) is 1. The Kier molecular flexibility index (Phi) is 7.67. The Balaban J connectivity index is 2.03. The van der Waals surface area contributed by atoms with Crippen molar-refractivity contribution in [2.45, 2.75) is 33.3 Å². The Morgan fingerprint density at radius 1 is 1.24 bits per heavy atom. The first-order valence-corrected chi connectivity index (χ1v) is 11.1. The van der Waals surface area contributed by atoms with E-state index in [1.54, 1.807) is 26.0 Å². The summed E-state index contributed by atoms with van der Waals surface area (Å²) in [6.07, 6.45) is 0. The van der Waals surface area contributed by atoms with E-state index in [1.807, 2.05) is 31.2 Å². The van der Waals surface area contributed by atoms with Crippen LogP contribution < -0.4 is 15.2 Å². The van der Waals surface area contributed by atoms with Gasteiger partial charge in [-0.05, 0) is 60.0 Å². The normalized spacial score (nSPS) is 15.6. The topological polar surface area (TPSA) is 104 Å². The summed E-state index contributed by atoms with van der Waals surface area (Å²) in [5.41, 5.74) is 9.09. The lowest BCUT2D eigenvalue weighted by atomic mass is 9.83. The minimum Gasteiger partial charge on any atom is -0.493 e. The number of hydrogen-bond donors (Lipinski definition) is 1. The van der Waals surface area contributed by atoms with Crippen LogP contribution in [0.25, 0.3) is 0 Å². The smallest absolute Gasteiger partial charge is 0.338 e. The van der Waals surface area contributed by atoms with E-state index < -0.39 is 11.9 Å². The Labute approximate surface area is 201 Å². The summed E-state index contributed by atoms with van der Waals surface area (Å²) in [7, 11) is 1.52. The third-order valence-electron chi connectivity index (χ3n) is 5.19. The fourth-order valence-corrected chi connectivity index (χ4v) is 4.15. The molecule has 0 unspecified atom stereocenters. The maximum absolute atomic E-state index is 12.7. The number of nitrogens with two attached hydrogens (primary N) is 1. The SMILES string of the molecule is CCOC(=O)C1=C(C)OC(N)=C(C#N)[C@H]1c1cc(Br)c(OCc2ccc(C)cc2)c(OC)c1. The molecule has 1 heterocycles. The van der Waals surface area contributed by atoms with E-state index in [9.17, 15) is 10.1 Å². The van der Waals surface area contributed by atoms with Gasteiger partial charge in [-0.2, -0.15) is 5.26 Å². The van der Waals surface area contributed by atoms with E-state index in [-0.39, 0.29) is 29.4 Å². The van der Waals surface area contributed by atoms with Crippen LogP contribution in [0, 0.1) is 18.3 Å². The number of carbonyl (C=O) groups excluding carboxylic acids is 1. The summed E-state index contributed by atoms with van der Waals surface area (Å²) in [6, 6.07) is 13.6. The second-order valence-corrected chi connectivity index (χ2v) is 8.28. The van der Waals surface area contributed by atoms with Gasteiger partial charge in [-0.15, -0.1) is 0 Å². The molecule has 0 bridgehead atoms. The Hall–Kier alpha value is -3.44. The van der Waals surface area contributed by atoms with E-state index in [0.29, 0.717) is 28.1 Å². The Bertz CT molecular complexity index is 1160. The quantitative estimate of drug-likeness (QED) is 0.521. The van der Waals surface area contributed by atoms with E-state index in [2.05, 4.69) is 22.0 Å². The molecular formula is C25H25BrN2O5. The Morgan fingerprint density at radius 3 is 2.55 bits per heavy atom. The molecule has 0 fully saturated rings. The lowest BCUT2D eigenvalue weighted by molar-refractivity contribution is -0.139. The molecule has 0 saturated carbocycles. The van der Waals surface area contributed by atoms with Gasteiger partial charge in [0, 0.05) is 0 Å². The van der Waals surface area contributed by atoms with Crippen molar-refractivity contribution in [3.63, 3.8) is 0 Å². The largest absolute Gasteiger partial charge is 0.493 e. The number of aryl methyl sites for hydroxylation is 1. The molecule has 8 heteroatoms. The first-order chi connectivity index (χ1) is 15.8. The number of benzene rings is 2. The van der Waals surface area contributed by atoms with Crippen LogP contribution in [0.2, 0.25) is 0 Å². The number of halogens is 1. The molecule has 7 nitrogen and oxygen atoms in total. The summed E-state index contributed by atoms with van der Waals surface area (Å²) in [4.78, 5) is 12.7. The summed E-state index contributed by atoms with van der Waals surface area (Å²) >= 11 is 3.55. The van der Waals surface area contributed by atoms with Crippen LogP contribution >= 0.6 is 15.9 Å². The van der Waals surface area contributed by atoms with Crippen LogP contribution in [0.5, 0.6) is 11.5 Å². The van der Waals surface area contributed by atoms with Crippen molar-refractivity contribution in [1.82, 2.24) is 0 Å². The van der Waals surface area contributed by atoms with Gasteiger partial charge in [0.25, 0.3) is 0 Å². The van der Waals surface area contributed by atoms with Gasteiger partial charge >= 0.3 is 5.97 Å². The number of allylic oxidation sites excluding steroid dienone is 2. The molecule has 1 atom stereocenters. The number of esters is 1. The van der Waals surface area contributed by atoms with Crippen molar-refractivity contribution in [2.75, 3.05) is 13.7 Å². The lowest BCUT2D eigenvalue weighted by Crippen LogP contribution is -2.25.